The summed E-state index contributed by atoms with van der Waals surface area (Å²) in [4.78, 5) is 11.9. The van der Waals surface area contributed by atoms with Gasteiger partial charge in [-0.3, -0.25) is 9.00 Å². The Kier molecular flexibility index (Phi) is 6.73. The molecule has 0 saturated heterocycles. The van der Waals surface area contributed by atoms with Crippen LogP contribution in [0.25, 0.3) is 0 Å². The SMILES string of the molecule is CCCCS(=O)C(C)C(=O)Nc1ccc(CN)cc1. The number of carbonyl (C=O) groups excluding carboxylic acids is 1. The van der Waals surface area contributed by atoms with E-state index in [0.717, 1.165) is 18.4 Å². The monoisotopic (exact) mass is 282 g/mol. The van der Waals surface area contributed by atoms with Gasteiger partial charge in [-0.05, 0) is 31.0 Å². The van der Waals surface area contributed by atoms with Gasteiger partial charge in [0.1, 0.15) is 5.25 Å². The van der Waals surface area contributed by atoms with Crippen molar-refractivity contribution in [1.29, 1.82) is 0 Å². The lowest BCUT2D eigenvalue weighted by atomic mass is 10.2. The number of hydrogen-bond acceptors (Lipinski definition) is 3. The topological polar surface area (TPSA) is 72.2 Å². The summed E-state index contributed by atoms with van der Waals surface area (Å²) in [5.41, 5.74) is 7.23. The van der Waals surface area contributed by atoms with E-state index in [1.807, 2.05) is 31.2 Å². The van der Waals surface area contributed by atoms with Crippen LogP contribution >= 0.6 is 0 Å². The van der Waals surface area contributed by atoms with Gasteiger partial charge in [0.2, 0.25) is 5.91 Å². The van der Waals surface area contributed by atoms with Crippen molar-refractivity contribution in [2.24, 2.45) is 5.73 Å². The molecule has 0 heterocycles. The Morgan fingerprint density at radius 3 is 2.53 bits per heavy atom. The van der Waals surface area contributed by atoms with Crippen molar-refractivity contribution >= 4 is 22.4 Å². The zero-order chi connectivity index (χ0) is 14.3. The molecule has 106 valence electrons. The molecule has 1 aromatic carbocycles. The van der Waals surface area contributed by atoms with Gasteiger partial charge >= 0.3 is 0 Å². The Morgan fingerprint density at radius 1 is 1.37 bits per heavy atom. The molecular formula is C14H22N2O2S. The van der Waals surface area contributed by atoms with Crippen molar-refractivity contribution in [3.05, 3.63) is 29.8 Å². The fourth-order valence-electron chi connectivity index (χ4n) is 1.55. The van der Waals surface area contributed by atoms with Crippen molar-refractivity contribution in [3.63, 3.8) is 0 Å². The summed E-state index contributed by atoms with van der Waals surface area (Å²) in [5, 5.41) is 2.29. The van der Waals surface area contributed by atoms with Gasteiger partial charge in [-0.25, -0.2) is 0 Å². The van der Waals surface area contributed by atoms with E-state index in [-0.39, 0.29) is 5.91 Å². The van der Waals surface area contributed by atoms with E-state index in [1.165, 1.54) is 0 Å². The summed E-state index contributed by atoms with van der Waals surface area (Å²) in [7, 11) is -1.11. The molecule has 0 aliphatic heterocycles. The molecule has 4 nitrogen and oxygen atoms in total. The smallest absolute Gasteiger partial charge is 0.239 e. The third-order valence-electron chi connectivity index (χ3n) is 2.92. The minimum atomic E-state index is -1.11. The summed E-state index contributed by atoms with van der Waals surface area (Å²) in [5.74, 6) is 0.381. The normalized spacial score (nSPS) is 13.8. The Hall–Kier alpha value is -1.20. The second-order valence-corrected chi connectivity index (χ2v) is 6.35. The molecular weight excluding hydrogens is 260 g/mol. The first-order valence-electron chi connectivity index (χ1n) is 6.55. The maximum Gasteiger partial charge on any atom is 0.239 e. The van der Waals surface area contributed by atoms with Crippen LogP contribution in [0.15, 0.2) is 24.3 Å². The van der Waals surface area contributed by atoms with Gasteiger partial charge in [-0.1, -0.05) is 25.5 Å². The van der Waals surface area contributed by atoms with Gasteiger partial charge in [0.25, 0.3) is 0 Å². The lowest BCUT2D eigenvalue weighted by Crippen LogP contribution is -2.30. The van der Waals surface area contributed by atoms with Crippen molar-refractivity contribution in [2.75, 3.05) is 11.1 Å². The predicted molar refractivity (Wildman–Crippen MR) is 80.3 cm³/mol. The predicted octanol–water partition coefficient (Wildman–Crippen LogP) is 2.02. The molecule has 1 aromatic rings. The van der Waals surface area contributed by atoms with E-state index in [2.05, 4.69) is 5.32 Å². The highest BCUT2D eigenvalue weighted by Crippen LogP contribution is 2.11. The standard InChI is InChI=1S/C14H22N2O2S/c1-3-4-9-19(18)11(2)14(17)16-13-7-5-12(10-15)6-8-13/h5-8,11H,3-4,9-10,15H2,1-2H3,(H,16,17). The number of nitrogens with two attached hydrogens (primary N) is 1. The lowest BCUT2D eigenvalue weighted by Gasteiger charge is -2.12. The first kappa shape index (κ1) is 15.9. The second-order valence-electron chi connectivity index (χ2n) is 4.47. The molecule has 5 heteroatoms. The van der Waals surface area contributed by atoms with Gasteiger partial charge in [0, 0.05) is 28.8 Å². The minimum Gasteiger partial charge on any atom is -0.326 e. The number of carbonyl (C=O) groups is 1. The molecule has 3 N–H and O–H groups in total. The van der Waals surface area contributed by atoms with Crippen LogP contribution in [-0.2, 0) is 22.1 Å². The van der Waals surface area contributed by atoms with Crippen LogP contribution in [0.3, 0.4) is 0 Å². The number of amides is 1. The molecule has 0 radical (unpaired) electrons. The maximum atomic E-state index is 11.9. The summed E-state index contributed by atoms with van der Waals surface area (Å²) in [6.45, 7) is 4.22. The fraction of sp³-hybridized carbons (Fsp3) is 0.500. The van der Waals surface area contributed by atoms with Crippen LogP contribution < -0.4 is 11.1 Å². The zero-order valence-electron chi connectivity index (χ0n) is 11.5. The highest BCUT2D eigenvalue weighted by molar-refractivity contribution is 7.86. The van der Waals surface area contributed by atoms with Crippen LogP contribution in [0.4, 0.5) is 5.69 Å². The molecule has 1 amide bonds. The summed E-state index contributed by atoms with van der Waals surface area (Å²) in [6, 6.07) is 7.35. The van der Waals surface area contributed by atoms with E-state index < -0.39 is 16.0 Å². The number of anilines is 1. The fourth-order valence-corrected chi connectivity index (χ4v) is 2.78. The summed E-state index contributed by atoms with van der Waals surface area (Å²) >= 11 is 0. The van der Waals surface area contributed by atoms with Gasteiger partial charge in [-0.2, -0.15) is 0 Å². The molecule has 0 fully saturated rings. The molecule has 1 rings (SSSR count). The van der Waals surface area contributed by atoms with Crippen LogP contribution in [0.5, 0.6) is 0 Å². The first-order valence-corrected chi connectivity index (χ1v) is 7.93. The molecule has 0 aliphatic rings. The average molecular weight is 282 g/mol. The molecule has 0 aliphatic carbocycles. The molecule has 0 bridgehead atoms. The van der Waals surface area contributed by atoms with E-state index in [1.54, 1.807) is 6.92 Å². The number of hydrogen-bond donors (Lipinski definition) is 2. The first-order chi connectivity index (χ1) is 9.08. The molecule has 2 unspecified atom stereocenters. The lowest BCUT2D eigenvalue weighted by molar-refractivity contribution is -0.115. The molecule has 0 spiro atoms. The van der Waals surface area contributed by atoms with E-state index in [4.69, 9.17) is 5.73 Å². The van der Waals surface area contributed by atoms with E-state index >= 15 is 0 Å². The Balaban J connectivity index is 2.55. The Bertz CT molecular complexity index is 432. The van der Waals surface area contributed by atoms with Crippen LogP contribution in [0.2, 0.25) is 0 Å². The summed E-state index contributed by atoms with van der Waals surface area (Å²) < 4.78 is 11.9. The molecule has 0 aromatic heterocycles. The Morgan fingerprint density at radius 2 is 2.00 bits per heavy atom. The number of unbranched alkanes of at least 4 members (excludes halogenated alkanes) is 1. The van der Waals surface area contributed by atoms with Gasteiger partial charge in [-0.15, -0.1) is 0 Å². The van der Waals surface area contributed by atoms with Crippen molar-refractivity contribution in [1.82, 2.24) is 0 Å². The second kappa shape index (κ2) is 8.07. The largest absolute Gasteiger partial charge is 0.326 e. The van der Waals surface area contributed by atoms with Crippen LogP contribution in [0.1, 0.15) is 32.3 Å². The van der Waals surface area contributed by atoms with Gasteiger partial charge in [0.05, 0.1) is 0 Å². The number of benzene rings is 1. The molecule has 19 heavy (non-hydrogen) atoms. The third-order valence-corrected chi connectivity index (χ3v) is 4.61. The van der Waals surface area contributed by atoms with Gasteiger partial charge < -0.3 is 11.1 Å². The van der Waals surface area contributed by atoms with E-state index in [0.29, 0.717) is 18.0 Å². The third kappa shape index (κ3) is 5.12. The van der Waals surface area contributed by atoms with Crippen molar-refractivity contribution in [2.45, 2.75) is 38.5 Å². The minimum absolute atomic E-state index is 0.199. The maximum absolute atomic E-state index is 11.9. The number of rotatable bonds is 7. The quantitative estimate of drug-likeness (QED) is 0.803. The van der Waals surface area contributed by atoms with E-state index in [9.17, 15) is 9.00 Å². The highest BCUT2D eigenvalue weighted by atomic mass is 32.2. The zero-order valence-corrected chi connectivity index (χ0v) is 12.3. The molecule has 0 saturated carbocycles. The van der Waals surface area contributed by atoms with Crippen molar-refractivity contribution in [3.8, 4) is 0 Å². The van der Waals surface area contributed by atoms with Gasteiger partial charge in [0.15, 0.2) is 0 Å². The summed E-state index contributed by atoms with van der Waals surface area (Å²) in [6.07, 6.45) is 1.87. The number of nitrogens with one attached hydrogen (secondary N) is 1. The molecule has 2 atom stereocenters. The van der Waals surface area contributed by atoms with Crippen LogP contribution in [0, 0.1) is 0 Å². The van der Waals surface area contributed by atoms with Crippen LogP contribution in [-0.4, -0.2) is 21.1 Å². The Labute approximate surface area is 117 Å². The highest BCUT2D eigenvalue weighted by Gasteiger charge is 2.19. The van der Waals surface area contributed by atoms with Crippen molar-refractivity contribution < 1.29 is 9.00 Å². The average Bonchev–Trinajstić information content (AvgIpc) is 2.44.